The van der Waals surface area contributed by atoms with Crippen molar-refractivity contribution in [2.24, 2.45) is 5.92 Å². The number of halogens is 2. The summed E-state index contributed by atoms with van der Waals surface area (Å²) in [6.07, 6.45) is 0.242. The molecule has 2 atom stereocenters. The molecule has 1 heterocycles. The van der Waals surface area contributed by atoms with Crippen molar-refractivity contribution < 1.29 is 14.6 Å². The Hall–Kier alpha value is -2.14. The van der Waals surface area contributed by atoms with E-state index in [1.54, 1.807) is 18.2 Å². The molecule has 148 valence electrons. The van der Waals surface area contributed by atoms with Gasteiger partial charge in [0.05, 0.1) is 29.0 Å². The fraction of sp³-hybridized carbons (Fsp3) is 0.238. The summed E-state index contributed by atoms with van der Waals surface area (Å²) >= 11 is 10.6. The lowest BCUT2D eigenvalue weighted by molar-refractivity contribution is -0.381. The average molecular weight is 492 g/mol. The van der Waals surface area contributed by atoms with E-state index in [1.807, 2.05) is 31.2 Å². The Bertz CT molecular complexity index is 1020. The first-order valence-electron chi connectivity index (χ1n) is 8.88. The molecule has 5 nitrogen and oxygen atoms in total. The van der Waals surface area contributed by atoms with Crippen LogP contribution in [0.15, 0.2) is 46.9 Å². The molecule has 29 heavy (non-hydrogen) atoms. The number of nitriles is 1. The normalized spacial score (nSPS) is 18.7. The number of rotatable bonds is 4. The first-order valence-corrected chi connectivity index (χ1v) is 11.0. The van der Waals surface area contributed by atoms with E-state index < -0.39 is 5.92 Å². The van der Waals surface area contributed by atoms with E-state index in [1.165, 1.54) is 11.8 Å². The van der Waals surface area contributed by atoms with Crippen molar-refractivity contribution in [3.05, 3.63) is 63.1 Å². The summed E-state index contributed by atoms with van der Waals surface area (Å²) in [7, 11) is 0. The predicted octanol–water partition coefficient (Wildman–Crippen LogP) is 3.42. The Balaban J connectivity index is 1.70. The molecule has 0 fully saturated rings. The third kappa shape index (κ3) is 5.47. The van der Waals surface area contributed by atoms with Gasteiger partial charge in [-0.05, 0) is 30.7 Å². The molecule has 1 aliphatic rings. The lowest BCUT2D eigenvalue weighted by Gasteiger charge is -2.22. The van der Waals surface area contributed by atoms with Gasteiger partial charge >= 0.3 is 5.91 Å². The second-order valence-electron chi connectivity index (χ2n) is 6.70. The zero-order chi connectivity index (χ0) is 21.0. The van der Waals surface area contributed by atoms with Crippen LogP contribution >= 0.6 is 39.3 Å². The average Bonchev–Trinajstić information content (AvgIpc) is 2.68. The molecule has 2 aromatic rings. The van der Waals surface area contributed by atoms with Crippen molar-refractivity contribution in [2.45, 2.75) is 19.3 Å². The number of nitrogens with one attached hydrogen (secondary N) is 2. The van der Waals surface area contributed by atoms with Gasteiger partial charge in [0.2, 0.25) is 11.0 Å². The maximum Gasteiger partial charge on any atom is 0.386 e. The van der Waals surface area contributed by atoms with E-state index in [0.717, 1.165) is 15.6 Å². The summed E-state index contributed by atoms with van der Waals surface area (Å²) in [5.41, 5.74) is 2.57. The first-order chi connectivity index (χ1) is 13.9. The summed E-state index contributed by atoms with van der Waals surface area (Å²) in [5.74, 6) is -1.11. The summed E-state index contributed by atoms with van der Waals surface area (Å²) in [6.45, 7) is 1.99. The van der Waals surface area contributed by atoms with Gasteiger partial charge in [0.1, 0.15) is 5.92 Å². The Morgan fingerprint density at radius 3 is 2.72 bits per heavy atom. The van der Waals surface area contributed by atoms with Crippen molar-refractivity contribution in [1.82, 2.24) is 0 Å². The molecule has 2 amide bonds. The maximum atomic E-state index is 12.3. The summed E-state index contributed by atoms with van der Waals surface area (Å²) in [4.78, 5) is 27.3. The van der Waals surface area contributed by atoms with Crippen molar-refractivity contribution in [3.63, 3.8) is 0 Å². The molecule has 8 heteroatoms. The van der Waals surface area contributed by atoms with Gasteiger partial charge in [-0.3, -0.25) is 4.79 Å². The second kappa shape index (κ2) is 9.57. The van der Waals surface area contributed by atoms with Gasteiger partial charge in [-0.25, -0.2) is 4.79 Å². The third-order valence-corrected chi connectivity index (χ3v) is 6.44. The Kier molecular flexibility index (Phi) is 7.12. The Morgan fingerprint density at radius 1 is 1.34 bits per heavy atom. The topological polar surface area (TPSA) is 83.9 Å². The van der Waals surface area contributed by atoms with Crippen LogP contribution in [0.5, 0.6) is 0 Å². The number of hydrogen-bond acceptors (Lipinski definition) is 4. The molecule has 0 saturated heterocycles. The number of carbonyl (C=O) groups excluding carboxylic acids is 2. The van der Waals surface area contributed by atoms with Gasteiger partial charge in [0.15, 0.2) is 0 Å². The molecular weight excluding hydrogens is 474 g/mol. The van der Waals surface area contributed by atoms with Crippen LogP contribution in [-0.2, 0) is 9.59 Å². The predicted molar refractivity (Wildman–Crippen MR) is 119 cm³/mol. The van der Waals surface area contributed by atoms with Crippen LogP contribution in [0.1, 0.15) is 23.5 Å². The number of carbonyl (C=O) groups is 2. The summed E-state index contributed by atoms with van der Waals surface area (Å²) < 4.78 is 0.814. The maximum absolute atomic E-state index is 12.3. The minimum Gasteiger partial charge on any atom is -0.324 e. The van der Waals surface area contributed by atoms with E-state index in [-0.39, 0.29) is 29.9 Å². The third-order valence-electron chi connectivity index (χ3n) is 4.56. The molecule has 0 spiro atoms. The second-order valence-corrected chi connectivity index (χ2v) is 9.04. The van der Waals surface area contributed by atoms with Gasteiger partial charge < -0.3 is 5.32 Å². The summed E-state index contributed by atoms with van der Waals surface area (Å²) in [5, 5.41) is 13.4. The van der Waals surface area contributed by atoms with Gasteiger partial charge in [-0.2, -0.15) is 10.3 Å². The highest BCUT2D eigenvalue weighted by Crippen LogP contribution is 2.32. The molecule has 2 aromatic carbocycles. The molecule has 0 aromatic heterocycles. The van der Waals surface area contributed by atoms with Gasteiger partial charge in [-0.15, -0.1) is 0 Å². The fourth-order valence-corrected chi connectivity index (χ4v) is 4.75. The highest BCUT2D eigenvalue weighted by Gasteiger charge is 2.39. The molecule has 1 aliphatic heterocycles. The summed E-state index contributed by atoms with van der Waals surface area (Å²) in [6, 6.07) is 15.3. The number of benzene rings is 2. The van der Waals surface area contributed by atoms with Gasteiger partial charge in [-0.1, -0.05) is 69.1 Å². The monoisotopic (exact) mass is 490 g/mol. The largest absolute Gasteiger partial charge is 0.386 e. The molecule has 2 N–H and O–H groups in total. The smallest absolute Gasteiger partial charge is 0.324 e. The van der Waals surface area contributed by atoms with Crippen LogP contribution in [-0.4, -0.2) is 22.6 Å². The molecule has 0 aliphatic carbocycles. The highest BCUT2D eigenvalue weighted by atomic mass is 79.9. The number of aryl methyl sites for hydroxylation is 1. The Morgan fingerprint density at radius 2 is 2.07 bits per heavy atom. The number of thioether (sulfide) groups is 1. The Labute approximate surface area is 186 Å². The number of amides is 2. The quantitative estimate of drug-likeness (QED) is 0.686. The molecule has 0 radical (unpaired) electrons. The minimum absolute atomic E-state index is 0.0564. The van der Waals surface area contributed by atoms with E-state index in [0.29, 0.717) is 15.8 Å². The van der Waals surface area contributed by atoms with Crippen molar-refractivity contribution in [2.75, 3.05) is 11.1 Å². The number of hydrogen-bond donors (Lipinski definition) is 2. The van der Waals surface area contributed by atoms with Crippen LogP contribution < -0.4 is 10.3 Å². The van der Waals surface area contributed by atoms with E-state index >= 15 is 0 Å². The lowest BCUT2D eigenvalue weighted by Crippen LogP contribution is -2.80. The van der Waals surface area contributed by atoms with Crippen LogP contribution in [0.2, 0.25) is 5.02 Å². The minimum atomic E-state index is -0.510. The first kappa shape index (κ1) is 21.6. The van der Waals surface area contributed by atoms with Gasteiger partial charge in [0, 0.05) is 10.4 Å². The van der Waals surface area contributed by atoms with Crippen molar-refractivity contribution >= 4 is 61.8 Å². The lowest BCUT2D eigenvalue weighted by atomic mass is 9.83. The molecule has 3 rings (SSSR count). The van der Waals surface area contributed by atoms with Crippen LogP contribution in [0.3, 0.4) is 0 Å². The van der Waals surface area contributed by atoms with Crippen LogP contribution in [0, 0.1) is 24.2 Å². The number of nitrogens with zero attached hydrogens (tertiary/aromatic N) is 1. The standard InChI is InChI=1S/C21H17BrClN3O2S/c1-12-2-4-13(5-3-12)15-9-19(27)26-21(16(15)10-24)29-11-20(28)25-18-7-6-14(22)8-17(18)23/h2-8,15-16H,9,11H2,1H3,(H,25,28)/p+1/t15-,16+/m0/s1. The highest BCUT2D eigenvalue weighted by molar-refractivity contribution is 9.10. The van der Waals surface area contributed by atoms with Crippen LogP contribution in [0.4, 0.5) is 5.69 Å². The van der Waals surface area contributed by atoms with Crippen molar-refractivity contribution in [3.8, 4) is 6.07 Å². The molecule has 0 saturated carbocycles. The molecular formula is C21H18BrClN3O2S+. The van der Waals surface area contributed by atoms with E-state index in [2.05, 4.69) is 32.3 Å². The fourth-order valence-electron chi connectivity index (χ4n) is 3.09. The van der Waals surface area contributed by atoms with Crippen molar-refractivity contribution in [1.29, 1.82) is 5.26 Å². The van der Waals surface area contributed by atoms with Gasteiger partial charge in [0.25, 0.3) is 0 Å². The molecule has 0 bridgehead atoms. The van der Waals surface area contributed by atoms with E-state index in [9.17, 15) is 14.9 Å². The zero-order valence-electron chi connectivity index (χ0n) is 15.5. The number of anilines is 1. The van der Waals surface area contributed by atoms with Crippen LogP contribution in [0.25, 0.3) is 0 Å². The van der Waals surface area contributed by atoms with E-state index in [4.69, 9.17) is 11.6 Å². The SMILES string of the molecule is Cc1ccc([C@@H]2CC(=O)[NH+]=C(SCC(=O)Nc3ccc(Br)cc3Cl)[C@@H]2C#N)cc1. The molecule has 0 unspecified atom stereocenters. The zero-order valence-corrected chi connectivity index (χ0v) is 18.7.